The molecule has 0 amide bonds. The van der Waals surface area contributed by atoms with Gasteiger partial charge in [-0.3, -0.25) is 5.10 Å². The number of aromatic nitrogens is 4. The number of nitrogens with zero attached hydrogens (tertiary/aromatic N) is 3. The van der Waals surface area contributed by atoms with Gasteiger partial charge in [-0.05, 0) is 44.2 Å². The topological polar surface area (TPSA) is 76.8 Å². The van der Waals surface area contributed by atoms with Crippen LogP contribution in [-0.2, 0) is 0 Å². The van der Waals surface area contributed by atoms with E-state index in [4.69, 9.17) is 9.26 Å². The van der Waals surface area contributed by atoms with Crippen molar-refractivity contribution in [1.29, 1.82) is 0 Å². The molecule has 0 aliphatic rings. The summed E-state index contributed by atoms with van der Waals surface area (Å²) in [5.41, 5.74) is 2.46. The number of rotatable bonds is 4. The van der Waals surface area contributed by atoms with Gasteiger partial charge in [-0.15, -0.1) is 0 Å². The van der Waals surface area contributed by atoms with E-state index in [1.54, 1.807) is 0 Å². The first kappa shape index (κ1) is 12.4. The predicted octanol–water partition coefficient (Wildman–Crippen LogP) is 2.83. The highest BCUT2D eigenvalue weighted by Crippen LogP contribution is 2.23. The Labute approximate surface area is 115 Å². The molecule has 1 aromatic carbocycles. The summed E-state index contributed by atoms with van der Waals surface area (Å²) in [6.07, 6.45) is 0. The van der Waals surface area contributed by atoms with Crippen molar-refractivity contribution in [2.45, 2.75) is 13.8 Å². The first-order chi connectivity index (χ1) is 9.76. The number of hydrogen-bond acceptors (Lipinski definition) is 5. The Hall–Kier alpha value is -2.63. The van der Waals surface area contributed by atoms with E-state index in [-0.39, 0.29) is 0 Å². The van der Waals surface area contributed by atoms with Crippen LogP contribution in [0.4, 0.5) is 0 Å². The Balaban J connectivity index is 1.86. The molecule has 3 aromatic rings. The molecule has 6 heteroatoms. The van der Waals surface area contributed by atoms with Crippen LogP contribution in [0.1, 0.15) is 12.6 Å². The normalized spacial score (nSPS) is 10.7. The van der Waals surface area contributed by atoms with Crippen LogP contribution in [0.5, 0.6) is 5.75 Å². The van der Waals surface area contributed by atoms with Gasteiger partial charge in [-0.25, -0.2) is 0 Å². The molecular weight excluding hydrogens is 256 g/mol. The maximum absolute atomic E-state index is 5.40. The lowest BCUT2D eigenvalue weighted by Gasteiger charge is -2.02. The fraction of sp³-hybridized carbons (Fsp3) is 0.214. The molecule has 0 saturated heterocycles. The number of hydrogen-bond donors (Lipinski definition) is 1. The molecular formula is C14H14N4O2. The van der Waals surface area contributed by atoms with Crippen LogP contribution in [0.15, 0.2) is 34.9 Å². The molecule has 0 aliphatic carbocycles. The van der Waals surface area contributed by atoms with Gasteiger partial charge >= 0.3 is 0 Å². The Morgan fingerprint density at radius 1 is 1.25 bits per heavy atom. The summed E-state index contributed by atoms with van der Waals surface area (Å²) in [6, 6.07) is 9.42. The fourth-order valence-corrected chi connectivity index (χ4v) is 1.84. The molecule has 2 heterocycles. The standard InChI is InChI=1S/C14H14N4O2/c1-3-19-11-6-4-10(5-7-11)13-15-14(20-18-13)12-8-9(2)16-17-12/h4-8H,3H2,1-2H3,(H,16,17). The van der Waals surface area contributed by atoms with Crippen molar-refractivity contribution in [1.82, 2.24) is 20.3 Å². The van der Waals surface area contributed by atoms with Gasteiger partial charge in [0.1, 0.15) is 5.75 Å². The van der Waals surface area contributed by atoms with E-state index in [1.165, 1.54) is 0 Å². The molecule has 0 fully saturated rings. The van der Waals surface area contributed by atoms with Crippen LogP contribution in [0.25, 0.3) is 23.0 Å². The summed E-state index contributed by atoms with van der Waals surface area (Å²) in [6.45, 7) is 4.51. The molecule has 0 spiro atoms. The van der Waals surface area contributed by atoms with Crippen LogP contribution >= 0.6 is 0 Å². The monoisotopic (exact) mass is 270 g/mol. The maximum Gasteiger partial charge on any atom is 0.278 e. The van der Waals surface area contributed by atoms with Gasteiger partial charge in [0.15, 0.2) is 5.69 Å². The minimum absolute atomic E-state index is 0.401. The fourth-order valence-electron chi connectivity index (χ4n) is 1.84. The molecule has 3 rings (SSSR count). The van der Waals surface area contributed by atoms with Gasteiger partial charge in [0.25, 0.3) is 5.89 Å². The van der Waals surface area contributed by atoms with Crippen molar-refractivity contribution in [2.24, 2.45) is 0 Å². The molecule has 0 saturated carbocycles. The minimum Gasteiger partial charge on any atom is -0.494 e. The van der Waals surface area contributed by atoms with E-state index < -0.39 is 0 Å². The third-order valence-corrected chi connectivity index (χ3v) is 2.77. The third kappa shape index (κ3) is 2.40. The average Bonchev–Trinajstić information content (AvgIpc) is 3.09. The summed E-state index contributed by atoms with van der Waals surface area (Å²) in [5, 5.41) is 10.9. The highest BCUT2D eigenvalue weighted by atomic mass is 16.5. The van der Waals surface area contributed by atoms with Crippen LogP contribution in [-0.4, -0.2) is 26.9 Å². The molecule has 0 bridgehead atoms. The lowest BCUT2D eigenvalue weighted by Crippen LogP contribution is -1.90. The molecule has 20 heavy (non-hydrogen) atoms. The van der Waals surface area contributed by atoms with Crippen molar-refractivity contribution in [2.75, 3.05) is 6.61 Å². The second-order valence-electron chi connectivity index (χ2n) is 4.32. The number of nitrogens with one attached hydrogen (secondary N) is 1. The first-order valence-corrected chi connectivity index (χ1v) is 6.35. The van der Waals surface area contributed by atoms with Gasteiger partial charge in [-0.2, -0.15) is 10.1 Å². The Kier molecular flexibility index (Phi) is 3.20. The van der Waals surface area contributed by atoms with E-state index in [1.807, 2.05) is 44.2 Å². The zero-order valence-corrected chi connectivity index (χ0v) is 11.3. The van der Waals surface area contributed by atoms with Crippen LogP contribution < -0.4 is 4.74 Å². The summed E-state index contributed by atoms with van der Waals surface area (Å²) in [4.78, 5) is 4.34. The molecule has 0 unspecified atom stereocenters. The van der Waals surface area contributed by atoms with Crippen LogP contribution in [0, 0.1) is 6.92 Å². The van der Waals surface area contributed by atoms with Gasteiger partial charge < -0.3 is 9.26 Å². The van der Waals surface area contributed by atoms with Crippen LogP contribution in [0.3, 0.4) is 0 Å². The van der Waals surface area contributed by atoms with Crippen molar-refractivity contribution in [3.63, 3.8) is 0 Å². The molecule has 2 aromatic heterocycles. The SMILES string of the molecule is CCOc1ccc(-c2noc(-c3cc(C)[nH]n3)n2)cc1. The van der Waals surface area contributed by atoms with Gasteiger partial charge in [0.2, 0.25) is 5.82 Å². The number of aromatic amines is 1. The van der Waals surface area contributed by atoms with E-state index in [9.17, 15) is 0 Å². The van der Waals surface area contributed by atoms with Gasteiger partial charge in [-0.1, -0.05) is 5.16 Å². The molecule has 102 valence electrons. The zero-order chi connectivity index (χ0) is 13.9. The largest absolute Gasteiger partial charge is 0.494 e. The van der Waals surface area contributed by atoms with Crippen molar-refractivity contribution in [3.8, 4) is 28.7 Å². The highest BCUT2D eigenvalue weighted by Gasteiger charge is 2.12. The average molecular weight is 270 g/mol. The van der Waals surface area contributed by atoms with Gasteiger partial charge in [0, 0.05) is 11.3 Å². The molecule has 1 N–H and O–H groups in total. The Morgan fingerprint density at radius 3 is 2.70 bits per heavy atom. The number of aryl methyl sites for hydroxylation is 1. The number of ether oxygens (including phenoxy) is 1. The lowest BCUT2D eigenvalue weighted by molar-refractivity contribution is 0.340. The lowest BCUT2D eigenvalue weighted by atomic mass is 10.2. The summed E-state index contributed by atoms with van der Waals surface area (Å²) in [7, 11) is 0. The molecule has 0 atom stereocenters. The van der Waals surface area contributed by atoms with Gasteiger partial charge in [0.05, 0.1) is 6.61 Å². The Bertz CT molecular complexity index is 700. The molecule has 0 aliphatic heterocycles. The van der Waals surface area contributed by atoms with Crippen molar-refractivity contribution in [3.05, 3.63) is 36.0 Å². The second-order valence-corrected chi connectivity index (χ2v) is 4.32. The summed E-state index contributed by atoms with van der Waals surface area (Å²) in [5.74, 6) is 1.75. The quantitative estimate of drug-likeness (QED) is 0.788. The second kappa shape index (κ2) is 5.16. The predicted molar refractivity (Wildman–Crippen MR) is 73.2 cm³/mol. The third-order valence-electron chi connectivity index (χ3n) is 2.77. The molecule has 6 nitrogen and oxygen atoms in total. The van der Waals surface area contributed by atoms with Crippen molar-refractivity contribution < 1.29 is 9.26 Å². The zero-order valence-electron chi connectivity index (χ0n) is 11.3. The summed E-state index contributed by atoms with van der Waals surface area (Å²) >= 11 is 0. The number of benzene rings is 1. The van der Waals surface area contributed by atoms with E-state index in [2.05, 4.69) is 20.3 Å². The summed E-state index contributed by atoms with van der Waals surface area (Å²) < 4.78 is 10.6. The smallest absolute Gasteiger partial charge is 0.278 e. The minimum atomic E-state index is 0.401. The maximum atomic E-state index is 5.40. The molecule has 0 radical (unpaired) electrons. The first-order valence-electron chi connectivity index (χ1n) is 6.35. The Morgan fingerprint density at radius 2 is 2.05 bits per heavy atom. The highest BCUT2D eigenvalue weighted by molar-refractivity contribution is 5.58. The van der Waals surface area contributed by atoms with E-state index in [0.717, 1.165) is 17.0 Å². The van der Waals surface area contributed by atoms with E-state index in [0.29, 0.717) is 24.0 Å². The van der Waals surface area contributed by atoms with Crippen molar-refractivity contribution >= 4 is 0 Å². The van der Waals surface area contributed by atoms with E-state index >= 15 is 0 Å². The number of H-pyrrole nitrogens is 1. The van der Waals surface area contributed by atoms with Crippen LogP contribution in [0.2, 0.25) is 0 Å².